The number of halogens is 1. The number of ketones is 1. The molecule has 0 aliphatic heterocycles. The molecule has 0 atom stereocenters. The summed E-state index contributed by atoms with van der Waals surface area (Å²) in [6.07, 6.45) is 0.0560. The number of hydrogen-bond donors (Lipinski definition) is 1. The van der Waals surface area contributed by atoms with Crippen molar-refractivity contribution in [2.45, 2.75) is 19.9 Å². The predicted octanol–water partition coefficient (Wildman–Crippen LogP) is 6.26. The Balaban J connectivity index is 1.69. The highest BCUT2D eigenvalue weighted by atomic mass is 35.5. The average molecular weight is 444 g/mol. The number of benzene rings is 3. The lowest BCUT2D eigenvalue weighted by molar-refractivity contribution is 0.0948. The van der Waals surface area contributed by atoms with Crippen LogP contribution in [0.4, 0.5) is 0 Å². The van der Waals surface area contributed by atoms with E-state index in [1.807, 2.05) is 66.7 Å². The van der Waals surface area contributed by atoms with Crippen LogP contribution in [0, 0.1) is 6.92 Å². The molecular weight excluding hydrogens is 422 g/mol. The summed E-state index contributed by atoms with van der Waals surface area (Å²) in [6.45, 7) is 2.02. The molecule has 0 aliphatic rings. The van der Waals surface area contributed by atoms with Crippen LogP contribution in [0.25, 0.3) is 11.3 Å². The smallest absolute Gasteiger partial charge is 0.255 e. The molecule has 0 aliphatic carbocycles. The Kier molecular flexibility index (Phi) is 6.52. The Morgan fingerprint density at radius 3 is 2.19 bits per heavy atom. The third kappa shape index (κ3) is 4.66. The van der Waals surface area contributed by atoms with Crippen molar-refractivity contribution >= 4 is 23.3 Å². The first kappa shape index (κ1) is 21.6. The van der Waals surface area contributed by atoms with E-state index in [0.717, 1.165) is 11.1 Å². The van der Waals surface area contributed by atoms with Crippen LogP contribution < -0.4 is 5.32 Å². The fourth-order valence-electron chi connectivity index (χ4n) is 3.67. The summed E-state index contributed by atoms with van der Waals surface area (Å²) in [5.41, 5.74) is 3.19. The van der Waals surface area contributed by atoms with Crippen molar-refractivity contribution in [2.75, 3.05) is 0 Å². The van der Waals surface area contributed by atoms with Crippen LogP contribution in [-0.4, -0.2) is 11.7 Å². The maximum atomic E-state index is 13.2. The summed E-state index contributed by atoms with van der Waals surface area (Å²) >= 11 is 6.22. The highest BCUT2D eigenvalue weighted by Crippen LogP contribution is 2.32. The Hall–Kier alpha value is -3.63. The minimum atomic E-state index is -0.302. The van der Waals surface area contributed by atoms with Crippen LogP contribution in [-0.2, 0) is 13.0 Å². The number of nitrogens with one attached hydrogen (secondary N) is 1. The van der Waals surface area contributed by atoms with Crippen molar-refractivity contribution in [3.05, 3.63) is 118 Å². The zero-order valence-corrected chi connectivity index (χ0v) is 18.4. The monoisotopic (exact) mass is 443 g/mol. The number of carbonyl (C=O) groups is 2. The van der Waals surface area contributed by atoms with Gasteiger partial charge in [-0.05, 0) is 18.6 Å². The number of amides is 1. The summed E-state index contributed by atoms with van der Waals surface area (Å²) < 4.78 is 6.03. The van der Waals surface area contributed by atoms with E-state index in [2.05, 4.69) is 5.32 Å². The maximum absolute atomic E-state index is 13.2. The van der Waals surface area contributed by atoms with Crippen molar-refractivity contribution < 1.29 is 14.0 Å². The molecule has 1 heterocycles. The summed E-state index contributed by atoms with van der Waals surface area (Å²) in [5.74, 6) is 0.625. The van der Waals surface area contributed by atoms with E-state index in [4.69, 9.17) is 16.0 Å². The van der Waals surface area contributed by atoms with E-state index in [0.29, 0.717) is 33.2 Å². The normalized spacial score (nSPS) is 10.7. The van der Waals surface area contributed by atoms with Gasteiger partial charge < -0.3 is 9.73 Å². The zero-order chi connectivity index (χ0) is 22.5. The predicted molar refractivity (Wildman–Crippen MR) is 126 cm³/mol. The average Bonchev–Trinajstić information content (AvgIpc) is 3.15. The number of aryl methyl sites for hydroxylation is 1. The second-order valence-electron chi connectivity index (χ2n) is 7.45. The lowest BCUT2D eigenvalue weighted by Gasteiger charge is -2.09. The van der Waals surface area contributed by atoms with Crippen molar-refractivity contribution in [3.8, 4) is 11.3 Å². The molecule has 160 valence electrons. The van der Waals surface area contributed by atoms with Gasteiger partial charge in [0.15, 0.2) is 5.78 Å². The molecule has 1 amide bonds. The van der Waals surface area contributed by atoms with E-state index in [-0.39, 0.29) is 24.7 Å². The molecule has 4 nitrogen and oxygen atoms in total. The van der Waals surface area contributed by atoms with E-state index in [1.165, 1.54) is 0 Å². The molecule has 0 radical (unpaired) electrons. The number of furan rings is 1. The quantitative estimate of drug-likeness (QED) is 0.343. The van der Waals surface area contributed by atoms with Gasteiger partial charge in [-0.2, -0.15) is 0 Å². The Bertz CT molecular complexity index is 1250. The van der Waals surface area contributed by atoms with Crippen molar-refractivity contribution in [1.29, 1.82) is 0 Å². The molecule has 1 N–H and O–H groups in total. The standard InChI is InChI=1S/C27H22ClNO3/c1-18-25(27(31)29-17-21-14-8-9-15-23(21)28)22(16-24(30)19-10-4-2-5-11-19)26(32-18)20-12-6-3-7-13-20/h2-15H,16-17H2,1H3,(H,29,31). The molecule has 1 aromatic heterocycles. The molecule has 0 fully saturated rings. The molecule has 32 heavy (non-hydrogen) atoms. The first-order chi connectivity index (χ1) is 15.5. The van der Waals surface area contributed by atoms with E-state index >= 15 is 0 Å². The number of Topliss-reactive ketones (excluding diaryl/α,β-unsaturated/α-hetero) is 1. The van der Waals surface area contributed by atoms with Gasteiger partial charge >= 0.3 is 0 Å². The van der Waals surface area contributed by atoms with Crippen LogP contribution >= 0.6 is 11.6 Å². The maximum Gasteiger partial charge on any atom is 0.255 e. The van der Waals surface area contributed by atoms with Crippen molar-refractivity contribution in [1.82, 2.24) is 5.32 Å². The van der Waals surface area contributed by atoms with E-state index in [9.17, 15) is 9.59 Å². The second kappa shape index (κ2) is 9.67. The Morgan fingerprint density at radius 1 is 0.875 bits per heavy atom. The topological polar surface area (TPSA) is 59.3 Å². The molecule has 0 unspecified atom stereocenters. The van der Waals surface area contributed by atoms with Gasteiger partial charge in [0.2, 0.25) is 0 Å². The minimum absolute atomic E-state index is 0.0560. The molecule has 0 saturated heterocycles. The SMILES string of the molecule is Cc1oc(-c2ccccc2)c(CC(=O)c2ccccc2)c1C(=O)NCc1ccccc1Cl. The summed E-state index contributed by atoms with van der Waals surface area (Å²) in [5, 5.41) is 3.50. The first-order valence-electron chi connectivity index (χ1n) is 10.3. The van der Waals surface area contributed by atoms with Gasteiger partial charge in [-0.15, -0.1) is 0 Å². The first-order valence-corrected chi connectivity index (χ1v) is 10.7. The van der Waals surface area contributed by atoms with Gasteiger partial charge in [-0.25, -0.2) is 0 Å². The van der Waals surface area contributed by atoms with Gasteiger partial charge in [0.25, 0.3) is 5.91 Å². The highest BCUT2D eigenvalue weighted by molar-refractivity contribution is 6.31. The van der Waals surface area contributed by atoms with Crippen LogP contribution in [0.1, 0.15) is 37.6 Å². The lowest BCUT2D eigenvalue weighted by Crippen LogP contribution is -2.24. The van der Waals surface area contributed by atoms with Gasteiger partial charge in [-0.3, -0.25) is 9.59 Å². The summed E-state index contributed by atoms with van der Waals surface area (Å²) in [4.78, 5) is 26.2. The Labute approximate surface area is 191 Å². The largest absolute Gasteiger partial charge is 0.460 e. The number of rotatable bonds is 7. The number of carbonyl (C=O) groups excluding carboxylic acids is 2. The van der Waals surface area contributed by atoms with Crippen molar-refractivity contribution in [2.24, 2.45) is 0 Å². The van der Waals surface area contributed by atoms with Crippen LogP contribution in [0.2, 0.25) is 5.02 Å². The third-order valence-corrected chi connectivity index (χ3v) is 5.65. The molecule has 0 saturated carbocycles. The third-order valence-electron chi connectivity index (χ3n) is 5.28. The zero-order valence-electron chi connectivity index (χ0n) is 17.6. The van der Waals surface area contributed by atoms with Gasteiger partial charge in [-0.1, -0.05) is 90.5 Å². The van der Waals surface area contributed by atoms with Gasteiger partial charge in [0.05, 0.1) is 5.56 Å². The molecule has 4 rings (SSSR count). The van der Waals surface area contributed by atoms with Gasteiger partial charge in [0, 0.05) is 34.7 Å². The van der Waals surface area contributed by atoms with Crippen LogP contribution in [0.3, 0.4) is 0 Å². The molecule has 3 aromatic carbocycles. The highest BCUT2D eigenvalue weighted by Gasteiger charge is 2.26. The molecule has 0 spiro atoms. The molecule has 5 heteroatoms. The molecule has 4 aromatic rings. The van der Waals surface area contributed by atoms with E-state index in [1.54, 1.807) is 25.1 Å². The van der Waals surface area contributed by atoms with Crippen molar-refractivity contribution in [3.63, 3.8) is 0 Å². The molecule has 0 bridgehead atoms. The number of hydrogen-bond acceptors (Lipinski definition) is 3. The fourth-order valence-corrected chi connectivity index (χ4v) is 3.87. The van der Waals surface area contributed by atoms with Crippen LogP contribution in [0.5, 0.6) is 0 Å². The van der Waals surface area contributed by atoms with Crippen LogP contribution in [0.15, 0.2) is 89.3 Å². The molecular formula is C27H22ClNO3. The summed E-state index contributed by atoms with van der Waals surface area (Å²) in [7, 11) is 0. The van der Waals surface area contributed by atoms with E-state index < -0.39 is 0 Å². The Morgan fingerprint density at radius 2 is 1.50 bits per heavy atom. The fraction of sp³-hybridized carbons (Fsp3) is 0.111. The second-order valence-corrected chi connectivity index (χ2v) is 7.85. The summed E-state index contributed by atoms with van der Waals surface area (Å²) in [6, 6.07) is 25.9. The van der Waals surface area contributed by atoms with Gasteiger partial charge in [0.1, 0.15) is 11.5 Å². The minimum Gasteiger partial charge on any atom is -0.460 e. The lowest BCUT2D eigenvalue weighted by atomic mass is 9.96.